The molecule has 0 aliphatic heterocycles. The van der Waals surface area contributed by atoms with Crippen molar-refractivity contribution in [1.29, 1.82) is 0 Å². The van der Waals surface area contributed by atoms with Crippen LogP contribution in [0.5, 0.6) is 0 Å². The molecule has 1 heteroatoms. The average molecular weight is 396 g/mol. The van der Waals surface area contributed by atoms with Gasteiger partial charge in [0.05, 0.1) is 0 Å². The van der Waals surface area contributed by atoms with Gasteiger partial charge >= 0.3 is 141 Å². The van der Waals surface area contributed by atoms with Crippen molar-refractivity contribution in [3.05, 3.63) is 53.6 Å². The van der Waals surface area contributed by atoms with Crippen LogP contribution in [0.1, 0.15) is 57.6 Å². The summed E-state index contributed by atoms with van der Waals surface area (Å²) in [6.07, 6.45) is 12.1. The van der Waals surface area contributed by atoms with Crippen molar-refractivity contribution in [2.45, 2.75) is 51.9 Å². The van der Waals surface area contributed by atoms with Gasteiger partial charge in [-0.25, -0.2) is 0 Å². The number of allylic oxidation sites excluding steroid dienone is 4. The van der Waals surface area contributed by atoms with Crippen molar-refractivity contribution in [1.82, 2.24) is 0 Å². The van der Waals surface area contributed by atoms with Crippen LogP contribution < -0.4 is 0 Å². The molecule has 0 saturated heterocycles. The van der Waals surface area contributed by atoms with Gasteiger partial charge in [0.25, 0.3) is 0 Å². The molecule has 0 nitrogen and oxygen atoms in total. The van der Waals surface area contributed by atoms with Crippen molar-refractivity contribution in [3.63, 3.8) is 0 Å². The first-order valence-corrected chi connectivity index (χ1v) is 11.5. The molecule has 0 N–H and O–H groups in total. The topological polar surface area (TPSA) is 0 Å². The van der Waals surface area contributed by atoms with E-state index in [2.05, 4.69) is 63.3 Å². The van der Waals surface area contributed by atoms with Gasteiger partial charge < -0.3 is 0 Å². The summed E-state index contributed by atoms with van der Waals surface area (Å²) in [5, 5.41) is 0. The van der Waals surface area contributed by atoms with Crippen LogP contribution in [0.3, 0.4) is 0 Å². The van der Waals surface area contributed by atoms with E-state index < -0.39 is 0 Å². The van der Waals surface area contributed by atoms with E-state index >= 15 is 0 Å². The number of unbranched alkanes of at least 4 members (excludes halogenated alkanes) is 1. The van der Waals surface area contributed by atoms with Crippen LogP contribution in [-0.4, -0.2) is 8.86 Å². The number of halogens is 1. The van der Waals surface area contributed by atoms with Gasteiger partial charge in [0.1, 0.15) is 0 Å². The number of benzene rings is 1. The summed E-state index contributed by atoms with van der Waals surface area (Å²) in [6.45, 7) is 7.13. The molecule has 1 aromatic rings. The molecule has 0 radical (unpaired) electrons. The van der Waals surface area contributed by atoms with E-state index in [1.54, 1.807) is 0 Å². The molecule has 0 amide bonds. The normalized spacial score (nSPS) is 15.3. The summed E-state index contributed by atoms with van der Waals surface area (Å²) in [6, 6.07) is 9.33. The zero-order valence-corrected chi connectivity index (χ0v) is 16.0. The van der Waals surface area contributed by atoms with Gasteiger partial charge in [-0.1, -0.05) is 0 Å². The van der Waals surface area contributed by atoms with E-state index in [-0.39, 0.29) is 21.2 Å². The second kappa shape index (κ2) is 8.17. The zero-order chi connectivity index (χ0) is 15.1. The van der Waals surface area contributed by atoms with Gasteiger partial charge in [-0.15, -0.1) is 0 Å². The fourth-order valence-electron chi connectivity index (χ4n) is 2.60. The summed E-state index contributed by atoms with van der Waals surface area (Å²) < 4.78 is 2.92. The van der Waals surface area contributed by atoms with E-state index in [0.717, 1.165) is 0 Å². The Labute approximate surface area is 141 Å². The van der Waals surface area contributed by atoms with E-state index in [1.807, 2.05) is 0 Å². The molecule has 0 bridgehead atoms. The van der Waals surface area contributed by atoms with Gasteiger partial charge in [-0.3, -0.25) is 0 Å². The Morgan fingerprint density at radius 3 is 2.48 bits per heavy atom. The first-order chi connectivity index (χ1) is 10.1. The molecule has 0 atom stereocenters. The molecular weight excluding hydrogens is 367 g/mol. The molecule has 0 saturated carbocycles. The van der Waals surface area contributed by atoms with E-state index in [1.165, 1.54) is 51.2 Å². The standard InChI is InChI=1S/C20H29I/c1-4-5-15-21-16-20(2,3)19-13-11-18(12-14-19)17-9-7-6-8-10-17/h7,9-14,21H,4-6,8,15-16H2,1-3H3. The van der Waals surface area contributed by atoms with Crippen molar-refractivity contribution >= 4 is 26.8 Å². The summed E-state index contributed by atoms with van der Waals surface area (Å²) in [4.78, 5) is 0. The van der Waals surface area contributed by atoms with Crippen LogP contribution in [0.25, 0.3) is 5.57 Å². The van der Waals surface area contributed by atoms with Crippen LogP contribution >= 0.6 is 21.2 Å². The van der Waals surface area contributed by atoms with Crippen molar-refractivity contribution < 1.29 is 0 Å². The second-order valence-electron chi connectivity index (χ2n) is 6.51. The molecule has 0 spiro atoms. The zero-order valence-electron chi connectivity index (χ0n) is 13.7. The Morgan fingerprint density at radius 2 is 1.86 bits per heavy atom. The van der Waals surface area contributed by atoms with Gasteiger partial charge in [0.2, 0.25) is 0 Å². The van der Waals surface area contributed by atoms with Crippen LogP contribution in [0.2, 0.25) is 0 Å². The molecule has 1 aromatic carbocycles. The summed E-state index contributed by atoms with van der Waals surface area (Å²) in [7, 11) is 0. The maximum absolute atomic E-state index is 2.42. The molecular formula is C20H29I. The minimum absolute atomic E-state index is 0.181. The number of alkyl halides is 2. The van der Waals surface area contributed by atoms with Gasteiger partial charge in [-0.2, -0.15) is 0 Å². The van der Waals surface area contributed by atoms with Crippen molar-refractivity contribution in [3.8, 4) is 0 Å². The molecule has 0 fully saturated rings. The average Bonchev–Trinajstić information content (AvgIpc) is 2.53. The molecule has 0 unspecified atom stereocenters. The second-order valence-corrected chi connectivity index (χ2v) is 9.66. The Morgan fingerprint density at radius 1 is 1.10 bits per heavy atom. The van der Waals surface area contributed by atoms with Crippen LogP contribution in [0.15, 0.2) is 42.5 Å². The quantitative estimate of drug-likeness (QED) is 0.292. The third-order valence-electron chi connectivity index (χ3n) is 4.10. The monoisotopic (exact) mass is 396 g/mol. The van der Waals surface area contributed by atoms with Gasteiger partial charge in [0, 0.05) is 0 Å². The molecule has 116 valence electrons. The Balaban J connectivity index is 2.00. The van der Waals surface area contributed by atoms with Crippen LogP contribution in [-0.2, 0) is 5.41 Å². The predicted molar refractivity (Wildman–Crippen MR) is 106 cm³/mol. The summed E-state index contributed by atoms with van der Waals surface area (Å²) >= 11 is 0.181. The number of rotatable bonds is 7. The fourth-order valence-corrected chi connectivity index (χ4v) is 6.35. The van der Waals surface area contributed by atoms with E-state index in [4.69, 9.17) is 0 Å². The molecule has 1 aliphatic carbocycles. The predicted octanol–water partition coefficient (Wildman–Crippen LogP) is 6.20. The summed E-state index contributed by atoms with van der Waals surface area (Å²) in [5.41, 5.74) is 4.62. The SMILES string of the molecule is CCCC[IH]CC(C)(C)c1ccc(C2=CCCC=C2)cc1. The molecule has 1 aliphatic rings. The third kappa shape index (κ3) is 4.98. The molecule has 21 heavy (non-hydrogen) atoms. The van der Waals surface area contributed by atoms with Crippen LogP contribution in [0.4, 0.5) is 0 Å². The third-order valence-corrected chi connectivity index (χ3v) is 8.39. The molecule has 2 rings (SSSR count). The molecule has 0 heterocycles. The Kier molecular flexibility index (Phi) is 6.53. The first-order valence-electron chi connectivity index (χ1n) is 8.19. The minimum atomic E-state index is 0.181. The fraction of sp³-hybridized carbons (Fsp3) is 0.500. The van der Waals surface area contributed by atoms with E-state index in [0.29, 0.717) is 5.41 Å². The van der Waals surface area contributed by atoms with Gasteiger partial charge in [0.15, 0.2) is 0 Å². The van der Waals surface area contributed by atoms with Crippen LogP contribution in [0, 0.1) is 0 Å². The van der Waals surface area contributed by atoms with Crippen molar-refractivity contribution in [2.75, 3.05) is 8.86 Å². The van der Waals surface area contributed by atoms with Gasteiger partial charge in [-0.05, 0) is 0 Å². The van der Waals surface area contributed by atoms with E-state index in [9.17, 15) is 0 Å². The molecule has 0 aromatic heterocycles. The number of hydrogen-bond acceptors (Lipinski definition) is 0. The first kappa shape index (κ1) is 16.8. The Hall–Kier alpha value is -0.570. The van der Waals surface area contributed by atoms with Crippen molar-refractivity contribution in [2.24, 2.45) is 0 Å². The number of hydrogen-bond donors (Lipinski definition) is 0. The maximum atomic E-state index is 2.42. The Bertz CT molecular complexity index is 491. The summed E-state index contributed by atoms with van der Waals surface area (Å²) in [5.74, 6) is 0.